The minimum absolute atomic E-state index is 0.151. The van der Waals surface area contributed by atoms with Crippen LogP contribution in [0.5, 0.6) is 0 Å². The van der Waals surface area contributed by atoms with Crippen molar-refractivity contribution in [1.82, 2.24) is 10.3 Å². The van der Waals surface area contributed by atoms with Gasteiger partial charge in [0.1, 0.15) is 5.84 Å². The number of aryl methyl sites for hydroxylation is 1. The fraction of sp³-hybridized carbons (Fsp3) is 0.500. The lowest BCUT2D eigenvalue weighted by atomic mass is 10.1. The number of hydrogen-bond acceptors (Lipinski definition) is 4. The zero-order valence-corrected chi connectivity index (χ0v) is 10.3. The molecule has 17 heavy (non-hydrogen) atoms. The van der Waals surface area contributed by atoms with Gasteiger partial charge in [0.25, 0.3) is 0 Å². The highest BCUT2D eigenvalue weighted by Gasteiger charge is 2.06. The normalized spacial score (nSPS) is 13.6. The van der Waals surface area contributed by atoms with E-state index in [9.17, 15) is 0 Å². The van der Waals surface area contributed by atoms with Crippen LogP contribution < -0.4 is 11.1 Å². The van der Waals surface area contributed by atoms with E-state index in [-0.39, 0.29) is 11.9 Å². The van der Waals surface area contributed by atoms with Gasteiger partial charge < -0.3 is 16.3 Å². The van der Waals surface area contributed by atoms with Crippen molar-refractivity contribution < 1.29 is 5.21 Å². The molecule has 1 atom stereocenters. The van der Waals surface area contributed by atoms with E-state index in [2.05, 4.69) is 28.4 Å². The third kappa shape index (κ3) is 4.40. The van der Waals surface area contributed by atoms with E-state index in [0.29, 0.717) is 13.0 Å². The molecule has 4 N–H and O–H groups in total. The predicted octanol–water partition coefficient (Wildman–Crippen LogP) is 1.26. The molecule has 1 rings (SSSR count). The number of hydrogen-bond donors (Lipinski definition) is 3. The van der Waals surface area contributed by atoms with Gasteiger partial charge in [0, 0.05) is 25.2 Å². The van der Waals surface area contributed by atoms with Crippen LogP contribution in [0.4, 0.5) is 0 Å². The summed E-state index contributed by atoms with van der Waals surface area (Å²) in [5.41, 5.74) is 7.75. The van der Waals surface area contributed by atoms with Gasteiger partial charge in [0.15, 0.2) is 0 Å². The highest BCUT2D eigenvalue weighted by molar-refractivity contribution is 5.80. The largest absolute Gasteiger partial charge is 0.409 e. The molecular weight excluding hydrogens is 216 g/mol. The molecule has 0 aromatic carbocycles. The number of nitrogens with one attached hydrogen (secondary N) is 1. The summed E-state index contributed by atoms with van der Waals surface area (Å²) in [6.45, 7) is 4.80. The Morgan fingerprint density at radius 2 is 2.41 bits per heavy atom. The van der Waals surface area contributed by atoms with E-state index in [1.165, 1.54) is 5.56 Å². The molecule has 0 bridgehead atoms. The Hall–Kier alpha value is -1.62. The second-order valence-corrected chi connectivity index (χ2v) is 4.04. The lowest BCUT2D eigenvalue weighted by Gasteiger charge is -2.14. The maximum absolute atomic E-state index is 8.47. The smallest absolute Gasteiger partial charge is 0.140 e. The van der Waals surface area contributed by atoms with Gasteiger partial charge in [-0.2, -0.15) is 0 Å². The summed E-state index contributed by atoms with van der Waals surface area (Å²) in [6, 6.07) is 4.18. The van der Waals surface area contributed by atoms with Crippen LogP contribution in [-0.4, -0.2) is 22.1 Å². The lowest BCUT2D eigenvalue weighted by Crippen LogP contribution is -2.31. The lowest BCUT2D eigenvalue weighted by molar-refractivity contribution is 0.315. The van der Waals surface area contributed by atoms with Crippen molar-refractivity contribution in [1.29, 1.82) is 0 Å². The van der Waals surface area contributed by atoms with Gasteiger partial charge in [-0.1, -0.05) is 18.1 Å². The Balaban J connectivity index is 2.49. The number of rotatable bonds is 6. The summed E-state index contributed by atoms with van der Waals surface area (Å²) in [6.07, 6.45) is 3.29. The van der Waals surface area contributed by atoms with Crippen LogP contribution in [0.25, 0.3) is 0 Å². The van der Waals surface area contributed by atoms with Crippen molar-refractivity contribution in [2.45, 2.75) is 39.3 Å². The van der Waals surface area contributed by atoms with Gasteiger partial charge in [-0.05, 0) is 25.0 Å². The average Bonchev–Trinajstić information content (AvgIpc) is 2.36. The van der Waals surface area contributed by atoms with Crippen molar-refractivity contribution >= 4 is 5.84 Å². The minimum atomic E-state index is 0.151. The van der Waals surface area contributed by atoms with Gasteiger partial charge in [-0.25, -0.2) is 0 Å². The van der Waals surface area contributed by atoms with Crippen molar-refractivity contribution in [3.05, 3.63) is 29.6 Å². The zero-order chi connectivity index (χ0) is 12.7. The number of nitrogens with zero attached hydrogens (tertiary/aromatic N) is 2. The molecule has 0 aliphatic carbocycles. The predicted molar refractivity (Wildman–Crippen MR) is 67.9 cm³/mol. The van der Waals surface area contributed by atoms with Crippen LogP contribution in [0.15, 0.2) is 23.5 Å². The molecule has 0 radical (unpaired) electrons. The molecule has 0 aliphatic heterocycles. The summed E-state index contributed by atoms with van der Waals surface area (Å²) < 4.78 is 0. The monoisotopic (exact) mass is 236 g/mol. The van der Waals surface area contributed by atoms with Crippen molar-refractivity contribution in [3.63, 3.8) is 0 Å². The molecule has 5 nitrogen and oxygen atoms in total. The van der Waals surface area contributed by atoms with E-state index in [0.717, 1.165) is 12.1 Å². The van der Waals surface area contributed by atoms with E-state index in [4.69, 9.17) is 10.9 Å². The quantitative estimate of drug-likeness (QED) is 0.300. The first-order valence-corrected chi connectivity index (χ1v) is 5.80. The molecule has 94 valence electrons. The molecule has 0 saturated heterocycles. The Morgan fingerprint density at radius 3 is 3.06 bits per heavy atom. The standard InChI is InChI=1S/C12H20N4O/c1-3-10-5-4-6-14-11(10)8-15-9(2)7-12(13)16-17/h4-6,9,15,17H,3,7-8H2,1-2H3,(H2,13,16). The molecule has 5 heteroatoms. The van der Waals surface area contributed by atoms with E-state index < -0.39 is 0 Å². The Bertz CT molecular complexity index is 379. The molecule has 0 saturated carbocycles. The van der Waals surface area contributed by atoms with E-state index >= 15 is 0 Å². The summed E-state index contributed by atoms with van der Waals surface area (Å²) in [5.74, 6) is 0.238. The number of nitrogens with two attached hydrogens (primary N) is 1. The van der Waals surface area contributed by atoms with Crippen LogP contribution in [0.1, 0.15) is 31.5 Å². The third-order valence-electron chi connectivity index (χ3n) is 2.63. The van der Waals surface area contributed by atoms with Crippen LogP contribution >= 0.6 is 0 Å². The summed E-state index contributed by atoms with van der Waals surface area (Å²) in [4.78, 5) is 4.35. The van der Waals surface area contributed by atoms with Crippen LogP contribution in [0.2, 0.25) is 0 Å². The summed E-state index contributed by atoms with van der Waals surface area (Å²) >= 11 is 0. The van der Waals surface area contributed by atoms with E-state index in [1.54, 1.807) is 6.20 Å². The number of oxime groups is 1. The fourth-order valence-electron chi connectivity index (χ4n) is 1.65. The molecule has 0 aliphatic rings. The number of aromatic nitrogens is 1. The average molecular weight is 236 g/mol. The van der Waals surface area contributed by atoms with Crippen molar-refractivity contribution in [2.75, 3.05) is 0 Å². The molecule has 0 spiro atoms. The third-order valence-corrected chi connectivity index (χ3v) is 2.63. The highest BCUT2D eigenvalue weighted by Crippen LogP contribution is 2.06. The first kappa shape index (κ1) is 13.4. The Kier molecular flexibility index (Phi) is 5.42. The van der Waals surface area contributed by atoms with Gasteiger partial charge in [-0.3, -0.25) is 4.98 Å². The summed E-state index contributed by atoms with van der Waals surface area (Å²) in [5, 5.41) is 14.7. The fourth-order valence-corrected chi connectivity index (χ4v) is 1.65. The SMILES string of the molecule is CCc1cccnc1CNC(C)C/C(N)=N/O. The van der Waals surface area contributed by atoms with Crippen LogP contribution in [-0.2, 0) is 13.0 Å². The minimum Gasteiger partial charge on any atom is -0.409 e. The number of amidine groups is 1. The van der Waals surface area contributed by atoms with Gasteiger partial charge in [0.2, 0.25) is 0 Å². The Labute approximate surface area is 102 Å². The van der Waals surface area contributed by atoms with Crippen LogP contribution in [0.3, 0.4) is 0 Å². The van der Waals surface area contributed by atoms with E-state index in [1.807, 2.05) is 13.0 Å². The first-order chi connectivity index (χ1) is 8.17. The molecule has 1 unspecified atom stereocenters. The molecule has 1 aromatic heterocycles. The zero-order valence-electron chi connectivity index (χ0n) is 10.3. The Morgan fingerprint density at radius 1 is 1.65 bits per heavy atom. The molecule has 0 fully saturated rings. The topological polar surface area (TPSA) is 83.5 Å². The highest BCUT2D eigenvalue weighted by atomic mass is 16.4. The first-order valence-electron chi connectivity index (χ1n) is 5.80. The number of pyridine rings is 1. The molecule has 0 amide bonds. The second-order valence-electron chi connectivity index (χ2n) is 4.04. The van der Waals surface area contributed by atoms with Gasteiger partial charge in [0.05, 0.1) is 5.69 Å². The maximum Gasteiger partial charge on any atom is 0.140 e. The summed E-state index contributed by atoms with van der Waals surface area (Å²) in [7, 11) is 0. The van der Waals surface area contributed by atoms with Gasteiger partial charge in [-0.15, -0.1) is 0 Å². The van der Waals surface area contributed by atoms with Crippen molar-refractivity contribution in [3.8, 4) is 0 Å². The van der Waals surface area contributed by atoms with Crippen molar-refractivity contribution in [2.24, 2.45) is 10.9 Å². The molecule has 1 heterocycles. The van der Waals surface area contributed by atoms with Gasteiger partial charge >= 0.3 is 0 Å². The molecule has 1 aromatic rings. The van der Waals surface area contributed by atoms with Crippen LogP contribution in [0, 0.1) is 0 Å². The molecular formula is C12H20N4O. The maximum atomic E-state index is 8.47. The second kappa shape index (κ2) is 6.85.